The number of likely N-dealkylation sites (tertiary alicyclic amines) is 1. The molecule has 4 rings (SSSR count). The molecule has 38 heavy (non-hydrogen) atoms. The molecule has 196 valence electrons. The Hall–Kier alpha value is -4.60. The highest BCUT2D eigenvalue weighted by Gasteiger charge is 2.39. The highest BCUT2D eigenvalue weighted by atomic mass is 16.4. The van der Waals surface area contributed by atoms with Crippen molar-refractivity contribution in [3.8, 4) is 11.1 Å². The fourth-order valence-electron chi connectivity index (χ4n) is 4.85. The topological polar surface area (TPSA) is 150 Å². The van der Waals surface area contributed by atoms with E-state index in [2.05, 4.69) is 17.2 Å². The van der Waals surface area contributed by atoms with Gasteiger partial charge in [0.1, 0.15) is 18.4 Å². The van der Waals surface area contributed by atoms with Gasteiger partial charge >= 0.3 is 5.97 Å². The number of nitrogens with zero attached hydrogens (tertiary/aromatic N) is 1. The maximum atomic E-state index is 13.4. The molecule has 1 aliphatic carbocycles. The molecule has 3 atom stereocenters. The summed E-state index contributed by atoms with van der Waals surface area (Å²) in [6, 6.07) is 8.68. The number of carboxylic acids is 1. The molecule has 0 unspecified atom stereocenters. The second-order valence-corrected chi connectivity index (χ2v) is 9.43. The van der Waals surface area contributed by atoms with E-state index >= 15 is 0 Å². The fourth-order valence-corrected chi connectivity index (χ4v) is 4.85. The van der Waals surface area contributed by atoms with Crippen LogP contribution in [0.3, 0.4) is 0 Å². The highest BCUT2D eigenvalue weighted by Crippen LogP contribution is 2.36. The van der Waals surface area contributed by atoms with Crippen LogP contribution in [0.25, 0.3) is 11.1 Å². The lowest BCUT2D eigenvalue weighted by molar-refractivity contribution is -0.141. The molecule has 2 aliphatic rings. The molecular formula is C28H27N3O7. The van der Waals surface area contributed by atoms with Crippen molar-refractivity contribution < 1.29 is 33.9 Å². The van der Waals surface area contributed by atoms with Gasteiger partial charge in [0.2, 0.25) is 11.8 Å². The standard InChI is InChI=1S/C28H27N3O7/c1-15(2)24(28(38)31-11-5-8-22(31)27(37)29-17(14-32)13-23(33)34)30-26(36)16-9-10-19-18-6-3-4-7-20(18)25(35)21(19)12-16/h3-4,6-7,9-10,12,14,17,22,24H,1,5,8,11,13H2,2H3,(H,29,37)(H,30,36)(H,33,34)/t17-,22-,24-/m0/s1. The molecule has 10 nitrogen and oxygen atoms in total. The number of carboxylic acid groups (broad SMARTS) is 1. The van der Waals surface area contributed by atoms with Crippen molar-refractivity contribution in [3.05, 3.63) is 71.3 Å². The summed E-state index contributed by atoms with van der Waals surface area (Å²) in [6.07, 6.45) is 0.595. The van der Waals surface area contributed by atoms with Crippen molar-refractivity contribution in [2.75, 3.05) is 6.54 Å². The minimum absolute atomic E-state index is 0.180. The lowest BCUT2D eigenvalue weighted by Crippen LogP contribution is -2.55. The van der Waals surface area contributed by atoms with Crippen LogP contribution >= 0.6 is 0 Å². The summed E-state index contributed by atoms with van der Waals surface area (Å²) < 4.78 is 0. The SMILES string of the molecule is C=C(C)[C@H](NC(=O)c1ccc2c(c1)C(=O)c1ccccc1-2)C(=O)N1CCC[C@H]1C(=O)N[C@H](C=O)CC(=O)O. The van der Waals surface area contributed by atoms with E-state index in [0.29, 0.717) is 35.8 Å². The van der Waals surface area contributed by atoms with Crippen LogP contribution in [0.2, 0.25) is 0 Å². The van der Waals surface area contributed by atoms with Crippen LogP contribution in [0.5, 0.6) is 0 Å². The monoisotopic (exact) mass is 517 g/mol. The van der Waals surface area contributed by atoms with Gasteiger partial charge in [0.15, 0.2) is 5.78 Å². The van der Waals surface area contributed by atoms with Gasteiger partial charge in [-0.25, -0.2) is 0 Å². The molecule has 1 fully saturated rings. The summed E-state index contributed by atoms with van der Waals surface area (Å²) >= 11 is 0. The Morgan fingerprint density at radius 1 is 1.08 bits per heavy atom. The molecule has 0 spiro atoms. The summed E-state index contributed by atoms with van der Waals surface area (Å²) in [5.41, 5.74) is 3.04. The van der Waals surface area contributed by atoms with E-state index in [-0.39, 0.29) is 17.9 Å². The zero-order valence-electron chi connectivity index (χ0n) is 20.7. The maximum absolute atomic E-state index is 13.4. The minimum Gasteiger partial charge on any atom is -0.481 e. The van der Waals surface area contributed by atoms with E-state index in [4.69, 9.17) is 5.11 Å². The zero-order valence-corrected chi connectivity index (χ0v) is 20.7. The number of aliphatic carboxylic acids is 1. The molecule has 3 amide bonds. The third-order valence-corrected chi connectivity index (χ3v) is 6.73. The molecule has 3 N–H and O–H groups in total. The van der Waals surface area contributed by atoms with E-state index in [0.717, 1.165) is 11.1 Å². The van der Waals surface area contributed by atoms with Crippen LogP contribution in [-0.2, 0) is 19.2 Å². The Labute approximate surface area is 218 Å². The first-order chi connectivity index (χ1) is 18.1. The van der Waals surface area contributed by atoms with Gasteiger partial charge in [-0.1, -0.05) is 36.9 Å². The number of fused-ring (bicyclic) bond motifs is 3. The summed E-state index contributed by atoms with van der Waals surface area (Å²) in [6.45, 7) is 5.65. The molecule has 2 aromatic rings. The molecular weight excluding hydrogens is 490 g/mol. The summed E-state index contributed by atoms with van der Waals surface area (Å²) in [5, 5.41) is 14.0. The highest BCUT2D eigenvalue weighted by molar-refractivity contribution is 6.22. The summed E-state index contributed by atoms with van der Waals surface area (Å²) in [5.74, 6) is -3.20. The van der Waals surface area contributed by atoms with E-state index < -0.39 is 48.2 Å². The lowest BCUT2D eigenvalue weighted by Gasteiger charge is -2.29. The van der Waals surface area contributed by atoms with Crippen molar-refractivity contribution >= 4 is 35.8 Å². The molecule has 0 aromatic heterocycles. The van der Waals surface area contributed by atoms with Crippen molar-refractivity contribution in [1.82, 2.24) is 15.5 Å². The Bertz CT molecular complexity index is 1370. The van der Waals surface area contributed by atoms with Gasteiger partial charge in [0.05, 0.1) is 12.5 Å². The number of amides is 3. The Morgan fingerprint density at radius 3 is 2.42 bits per heavy atom. The molecule has 0 radical (unpaired) electrons. The Morgan fingerprint density at radius 2 is 1.76 bits per heavy atom. The van der Waals surface area contributed by atoms with Crippen LogP contribution in [0.1, 0.15) is 52.5 Å². The summed E-state index contributed by atoms with van der Waals surface area (Å²) in [4.78, 5) is 75.6. The predicted molar refractivity (Wildman–Crippen MR) is 136 cm³/mol. The van der Waals surface area contributed by atoms with Gasteiger partial charge in [0, 0.05) is 23.2 Å². The van der Waals surface area contributed by atoms with Gasteiger partial charge in [-0.3, -0.25) is 24.0 Å². The maximum Gasteiger partial charge on any atom is 0.305 e. The number of nitrogens with one attached hydrogen (secondary N) is 2. The average molecular weight is 518 g/mol. The van der Waals surface area contributed by atoms with Gasteiger partial charge in [-0.15, -0.1) is 0 Å². The first-order valence-corrected chi connectivity index (χ1v) is 12.1. The first-order valence-electron chi connectivity index (χ1n) is 12.1. The number of hydrogen-bond donors (Lipinski definition) is 3. The number of aldehydes is 1. The van der Waals surface area contributed by atoms with Crippen molar-refractivity contribution in [3.63, 3.8) is 0 Å². The van der Waals surface area contributed by atoms with Crippen LogP contribution in [0.15, 0.2) is 54.6 Å². The van der Waals surface area contributed by atoms with Crippen LogP contribution in [0.4, 0.5) is 0 Å². The number of carbonyl (C=O) groups excluding carboxylic acids is 5. The molecule has 1 aliphatic heterocycles. The second-order valence-electron chi connectivity index (χ2n) is 9.43. The average Bonchev–Trinajstić information content (AvgIpc) is 3.49. The fraction of sp³-hybridized carbons (Fsp3) is 0.286. The molecule has 2 aromatic carbocycles. The van der Waals surface area contributed by atoms with Crippen LogP contribution in [0, 0.1) is 0 Å². The van der Waals surface area contributed by atoms with Gasteiger partial charge < -0.3 is 25.4 Å². The molecule has 0 bridgehead atoms. The van der Waals surface area contributed by atoms with Gasteiger partial charge in [0.25, 0.3) is 5.91 Å². The quantitative estimate of drug-likeness (QED) is 0.289. The number of rotatable bonds is 9. The van der Waals surface area contributed by atoms with Crippen molar-refractivity contribution in [2.24, 2.45) is 0 Å². The molecule has 1 heterocycles. The van der Waals surface area contributed by atoms with Crippen molar-refractivity contribution in [2.45, 2.75) is 44.3 Å². The number of ketones is 1. The van der Waals surface area contributed by atoms with Gasteiger partial charge in [-0.05, 0) is 48.6 Å². The summed E-state index contributed by atoms with van der Waals surface area (Å²) in [7, 11) is 0. The normalized spacial score (nSPS) is 17.1. The predicted octanol–water partition coefficient (Wildman–Crippen LogP) is 1.72. The third kappa shape index (κ3) is 5.10. The Kier molecular flexibility index (Phi) is 7.52. The molecule has 10 heteroatoms. The van der Waals surface area contributed by atoms with Crippen LogP contribution < -0.4 is 10.6 Å². The zero-order chi connectivity index (χ0) is 27.6. The number of carbonyl (C=O) groups is 6. The van der Waals surface area contributed by atoms with E-state index in [1.54, 1.807) is 31.2 Å². The van der Waals surface area contributed by atoms with E-state index in [1.807, 2.05) is 12.1 Å². The third-order valence-electron chi connectivity index (χ3n) is 6.73. The lowest BCUT2D eigenvalue weighted by atomic mass is 10.0. The van der Waals surface area contributed by atoms with E-state index in [1.165, 1.54) is 11.0 Å². The van der Waals surface area contributed by atoms with Gasteiger partial charge in [-0.2, -0.15) is 0 Å². The Balaban J connectivity index is 1.49. The van der Waals surface area contributed by atoms with E-state index in [9.17, 15) is 28.8 Å². The first kappa shape index (κ1) is 26.5. The largest absolute Gasteiger partial charge is 0.481 e. The number of benzene rings is 2. The van der Waals surface area contributed by atoms with Crippen molar-refractivity contribution in [1.29, 1.82) is 0 Å². The molecule has 0 saturated carbocycles. The second kappa shape index (κ2) is 10.8. The molecule has 1 saturated heterocycles. The smallest absolute Gasteiger partial charge is 0.305 e. The number of hydrogen-bond acceptors (Lipinski definition) is 6. The van der Waals surface area contributed by atoms with Crippen LogP contribution in [-0.4, -0.2) is 70.4 Å². The minimum atomic E-state index is -1.25.